The van der Waals surface area contributed by atoms with Crippen LogP contribution in [0.4, 0.5) is 5.69 Å². The first-order valence-electron chi connectivity index (χ1n) is 6.11. The second-order valence-electron chi connectivity index (χ2n) is 3.93. The Labute approximate surface area is 117 Å². The molecule has 0 saturated carbocycles. The Bertz CT molecular complexity index is 511. The zero-order valence-corrected chi connectivity index (χ0v) is 11.7. The molecule has 1 amide bonds. The molecule has 0 bridgehead atoms. The third-order valence-corrected chi connectivity index (χ3v) is 2.58. The van der Waals surface area contributed by atoms with E-state index in [0.29, 0.717) is 12.2 Å². The maximum atomic E-state index is 11.9. The summed E-state index contributed by atoms with van der Waals surface area (Å²) in [6, 6.07) is 6.19. The van der Waals surface area contributed by atoms with Gasteiger partial charge in [-0.3, -0.25) is 4.79 Å². The summed E-state index contributed by atoms with van der Waals surface area (Å²) < 4.78 is 0. The number of rotatable bonds is 4. The molecule has 0 aliphatic heterocycles. The van der Waals surface area contributed by atoms with Gasteiger partial charge in [-0.1, -0.05) is 0 Å². The van der Waals surface area contributed by atoms with Gasteiger partial charge in [0.1, 0.15) is 0 Å². The molecule has 7 nitrogen and oxygen atoms in total. The van der Waals surface area contributed by atoms with Gasteiger partial charge in [-0.25, -0.2) is 4.79 Å². The highest BCUT2D eigenvalue weighted by molar-refractivity contribution is 6.42. The minimum absolute atomic E-state index is 0.187. The normalized spacial score (nSPS) is 10.8. The van der Waals surface area contributed by atoms with Crippen molar-refractivity contribution in [2.24, 2.45) is 5.10 Å². The van der Waals surface area contributed by atoms with Crippen molar-refractivity contribution in [3.63, 3.8) is 0 Å². The third kappa shape index (κ3) is 3.71. The number of carboxylic acid groups (broad SMARTS) is 1. The highest BCUT2D eigenvalue weighted by Gasteiger charge is 2.17. The monoisotopic (exact) mass is 278 g/mol. The van der Waals surface area contributed by atoms with Crippen LogP contribution < -0.4 is 15.6 Å². The predicted octanol–water partition coefficient (Wildman–Crippen LogP) is 0.490. The highest BCUT2D eigenvalue weighted by atomic mass is 16.4. The van der Waals surface area contributed by atoms with E-state index < -0.39 is 5.97 Å². The van der Waals surface area contributed by atoms with Crippen molar-refractivity contribution < 1.29 is 14.7 Å². The minimum atomic E-state index is -0.993. The second-order valence-corrected chi connectivity index (χ2v) is 3.93. The first kappa shape index (κ1) is 15.5. The summed E-state index contributed by atoms with van der Waals surface area (Å²) in [5.74, 6) is -1.11. The van der Waals surface area contributed by atoms with Crippen LogP contribution in [0.1, 0.15) is 17.3 Å². The largest absolute Gasteiger partial charge is 0.478 e. The van der Waals surface area contributed by atoms with E-state index in [1.165, 1.54) is 12.1 Å². The molecule has 0 heterocycles. The number of aromatic carboxylic acids is 1. The van der Waals surface area contributed by atoms with Crippen molar-refractivity contribution in [1.29, 1.82) is 0 Å². The maximum absolute atomic E-state index is 11.9. The molecular formula is C13H18N4O3. The van der Waals surface area contributed by atoms with Gasteiger partial charge in [0.05, 0.1) is 5.56 Å². The second kappa shape index (κ2) is 7.13. The number of hydrogen-bond donors (Lipinski definition) is 3. The van der Waals surface area contributed by atoms with Crippen LogP contribution in [0.15, 0.2) is 29.4 Å². The summed E-state index contributed by atoms with van der Waals surface area (Å²) in [6.07, 6.45) is 0. The number of nitrogens with zero attached hydrogens (tertiary/aromatic N) is 2. The van der Waals surface area contributed by atoms with Crippen molar-refractivity contribution in [3.05, 3.63) is 29.8 Å². The van der Waals surface area contributed by atoms with Gasteiger partial charge in [0.15, 0.2) is 0 Å². The molecule has 3 N–H and O–H groups in total. The molecule has 1 rings (SSSR count). The van der Waals surface area contributed by atoms with Gasteiger partial charge in [-0.15, -0.1) is 0 Å². The number of carbonyl (C=O) groups is 2. The van der Waals surface area contributed by atoms with E-state index in [1.54, 1.807) is 31.1 Å². The summed E-state index contributed by atoms with van der Waals surface area (Å²) >= 11 is 0. The summed E-state index contributed by atoms with van der Waals surface area (Å²) in [7, 11) is 3.28. The third-order valence-electron chi connectivity index (χ3n) is 2.58. The van der Waals surface area contributed by atoms with Gasteiger partial charge in [0.2, 0.25) is 5.84 Å². The smallest absolute Gasteiger partial charge is 0.335 e. The molecule has 1 aromatic carbocycles. The van der Waals surface area contributed by atoms with Gasteiger partial charge in [0, 0.05) is 26.3 Å². The van der Waals surface area contributed by atoms with Crippen LogP contribution in [0.5, 0.6) is 0 Å². The van der Waals surface area contributed by atoms with Gasteiger partial charge in [-0.05, 0) is 31.2 Å². The van der Waals surface area contributed by atoms with E-state index in [0.717, 1.165) is 0 Å². The Morgan fingerprint density at radius 1 is 1.30 bits per heavy atom. The zero-order chi connectivity index (χ0) is 15.1. The van der Waals surface area contributed by atoms with Gasteiger partial charge >= 0.3 is 5.97 Å². The lowest BCUT2D eigenvalue weighted by atomic mass is 10.2. The number of hydrazone groups is 1. The van der Waals surface area contributed by atoms with E-state index in [2.05, 4.69) is 15.8 Å². The van der Waals surface area contributed by atoms with E-state index in [4.69, 9.17) is 5.11 Å². The van der Waals surface area contributed by atoms with Crippen LogP contribution >= 0.6 is 0 Å². The number of carbonyl (C=O) groups excluding carboxylic acids is 1. The fourth-order valence-electron chi connectivity index (χ4n) is 1.57. The van der Waals surface area contributed by atoms with Crippen LogP contribution in [0.3, 0.4) is 0 Å². The van der Waals surface area contributed by atoms with Crippen LogP contribution in [0.25, 0.3) is 0 Å². The number of carboxylic acids is 1. The number of likely N-dealkylation sites (N-methyl/N-ethyl adjacent to an activating group) is 2. The Balaban J connectivity index is 3.00. The highest BCUT2D eigenvalue weighted by Crippen LogP contribution is 2.14. The molecule has 20 heavy (non-hydrogen) atoms. The molecule has 0 radical (unpaired) electrons. The van der Waals surface area contributed by atoms with Crippen molar-refractivity contribution >= 4 is 23.4 Å². The summed E-state index contributed by atoms with van der Waals surface area (Å²) in [6.45, 7) is 2.31. The average Bonchev–Trinajstić information content (AvgIpc) is 2.44. The van der Waals surface area contributed by atoms with Crippen LogP contribution in [-0.2, 0) is 4.79 Å². The molecule has 1 aromatic rings. The summed E-state index contributed by atoms with van der Waals surface area (Å²) in [5.41, 5.74) is 3.43. The van der Waals surface area contributed by atoms with Gasteiger partial charge in [0.25, 0.3) is 5.91 Å². The topological polar surface area (TPSA) is 94.0 Å². The van der Waals surface area contributed by atoms with E-state index in [-0.39, 0.29) is 17.3 Å². The standard InChI is InChI=1S/C13H18N4O3/c1-4-15-12(18)11(16-14-2)17(3)10-7-5-9(6-8-10)13(19)20/h5-8,14H,4H2,1-3H3,(H,15,18)(H,19,20)/b16-11-. The van der Waals surface area contributed by atoms with Crippen molar-refractivity contribution in [3.8, 4) is 0 Å². The molecule has 0 fully saturated rings. The number of amides is 1. The molecule has 0 aliphatic carbocycles. The Hall–Kier alpha value is -2.57. The van der Waals surface area contributed by atoms with Crippen molar-refractivity contribution in [2.75, 3.05) is 25.5 Å². The maximum Gasteiger partial charge on any atom is 0.335 e. The van der Waals surface area contributed by atoms with Gasteiger partial charge in [-0.2, -0.15) is 5.10 Å². The molecule has 0 atom stereocenters. The molecule has 7 heteroatoms. The van der Waals surface area contributed by atoms with Crippen molar-refractivity contribution in [1.82, 2.24) is 10.7 Å². The summed E-state index contributed by atoms with van der Waals surface area (Å²) in [4.78, 5) is 24.3. The first-order chi connectivity index (χ1) is 9.51. The molecular weight excluding hydrogens is 260 g/mol. The molecule has 0 unspecified atom stereocenters. The van der Waals surface area contributed by atoms with E-state index >= 15 is 0 Å². The quantitative estimate of drug-likeness (QED) is 0.423. The lowest BCUT2D eigenvalue weighted by molar-refractivity contribution is -0.114. The Morgan fingerprint density at radius 3 is 2.35 bits per heavy atom. The van der Waals surface area contributed by atoms with Crippen LogP contribution in [-0.4, -0.2) is 43.5 Å². The van der Waals surface area contributed by atoms with Crippen molar-refractivity contribution in [2.45, 2.75) is 6.92 Å². The molecule has 0 aromatic heterocycles. The number of amidine groups is 1. The first-order valence-corrected chi connectivity index (χ1v) is 6.11. The fraction of sp³-hybridized carbons (Fsp3) is 0.308. The van der Waals surface area contributed by atoms with Crippen LogP contribution in [0.2, 0.25) is 0 Å². The average molecular weight is 278 g/mol. The minimum Gasteiger partial charge on any atom is -0.478 e. The molecule has 0 spiro atoms. The van der Waals surface area contributed by atoms with Crippen LogP contribution in [0, 0.1) is 0 Å². The van der Waals surface area contributed by atoms with Gasteiger partial charge < -0.3 is 20.7 Å². The lowest BCUT2D eigenvalue weighted by Gasteiger charge is -2.20. The summed E-state index contributed by atoms with van der Waals surface area (Å²) in [5, 5.41) is 15.5. The number of nitrogens with one attached hydrogen (secondary N) is 2. The number of benzene rings is 1. The number of anilines is 1. The van der Waals surface area contributed by atoms with E-state index in [9.17, 15) is 9.59 Å². The predicted molar refractivity (Wildman–Crippen MR) is 77.0 cm³/mol. The molecule has 108 valence electrons. The van der Waals surface area contributed by atoms with E-state index in [1.807, 2.05) is 6.92 Å². The fourth-order valence-corrected chi connectivity index (χ4v) is 1.57. The number of hydrogen-bond acceptors (Lipinski definition) is 4. The SMILES string of the molecule is CCNC(=O)/C(=N/NC)N(C)c1ccc(C(=O)O)cc1. The Morgan fingerprint density at radius 2 is 1.90 bits per heavy atom. The molecule has 0 saturated heterocycles. The lowest BCUT2D eigenvalue weighted by Crippen LogP contribution is -2.42. The molecule has 0 aliphatic rings. The Kier molecular flexibility index (Phi) is 5.52. The zero-order valence-electron chi connectivity index (χ0n) is 11.7.